The Morgan fingerprint density at radius 3 is 2.68 bits per heavy atom. The van der Waals surface area contributed by atoms with Crippen LogP contribution in [-0.2, 0) is 18.5 Å². The predicted octanol–water partition coefficient (Wildman–Crippen LogP) is 3.37. The molecule has 5 rings (SSSR count). The molecule has 0 N–H and O–H groups in total. The highest BCUT2D eigenvalue weighted by atomic mass is 16.2. The van der Waals surface area contributed by atoms with Crippen LogP contribution in [-0.4, -0.2) is 50.3 Å². The van der Waals surface area contributed by atoms with Crippen LogP contribution in [0.15, 0.2) is 61.1 Å². The fourth-order valence-corrected chi connectivity index (χ4v) is 5.09. The molecule has 0 radical (unpaired) electrons. The molecule has 0 atom stereocenters. The first kappa shape index (κ1) is 19.8. The van der Waals surface area contributed by atoms with Gasteiger partial charge in [0.1, 0.15) is 5.69 Å². The summed E-state index contributed by atoms with van der Waals surface area (Å²) in [6, 6.07) is 14.8. The number of fused-ring (bicyclic) bond motifs is 2. The van der Waals surface area contributed by atoms with Crippen molar-refractivity contribution in [1.29, 1.82) is 0 Å². The van der Waals surface area contributed by atoms with E-state index >= 15 is 0 Å². The zero-order chi connectivity index (χ0) is 21.3. The molecule has 3 aromatic rings. The number of piperidine rings is 1. The van der Waals surface area contributed by atoms with Gasteiger partial charge in [-0.25, -0.2) is 4.98 Å². The smallest absolute Gasteiger partial charge is 0.274 e. The lowest BCUT2D eigenvalue weighted by molar-refractivity contribution is 0.0566. The third-order valence-corrected chi connectivity index (χ3v) is 6.66. The van der Waals surface area contributed by atoms with E-state index in [-0.39, 0.29) is 11.3 Å². The van der Waals surface area contributed by atoms with Crippen LogP contribution in [0.4, 0.5) is 0 Å². The van der Waals surface area contributed by atoms with Gasteiger partial charge in [0.15, 0.2) is 0 Å². The monoisotopic (exact) mass is 413 g/mol. The third kappa shape index (κ3) is 3.95. The van der Waals surface area contributed by atoms with Crippen LogP contribution in [0.25, 0.3) is 0 Å². The van der Waals surface area contributed by atoms with E-state index in [0.29, 0.717) is 12.2 Å². The number of pyridine rings is 1. The van der Waals surface area contributed by atoms with Crippen LogP contribution in [0, 0.1) is 6.92 Å². The molecule has 2 aliphatic heterocycles. The molecule has 1 amide bonds. The first-order chi connectivity index (χ1) is 15.1. The van der Waals surface area contributed by atoms with E-state index in [1.807, 2.05) is 17.9 Å². The molecule has 1 spiro atoms. The normalized spacial score (nSPS) is 18.0. The quantitative estimate of drug-likeness (QED) is 0.659. The molecular weight excluding hydrogens is 386 g/mol. The van der Waals surface area contributed by atoms with Gasteiger partial charge in [0.25, 0.3) is 5.91 Å². The molecule has 0 aliphatic carbocycles. The van der Waals surface area contributed by atoms with E-state index in [1.54, 1.807) is 18.6 Å². The number of likely N-dealkylation sites (tertiary alicyclic amines) is 1. The Balaban J connectivity index is 1.37. The lowest BCUT2D eigenvalue weighted by atomic mass is 9.68. The topological polar surface area (TPSA) is 62.2 Å². The minimum absolute atomic E-state index is 0.0107. The minimum Gasteiger partial charge on any atom is -0.332 e. The maximum absolute atomic E-state index is 13.2. The van der Waals surface area contributed by atoms with Crippen molar-refractivity contribution in [1.82, 2.24) is 24.8 Å². The number of aryl methyl sites for hydroxylation is 1. The molecule has 6 heteroatoms. The van der Waals surface area contributed by atoms with Gasteiger partial charge in [-0.15, -0.1) is 0 Å². The maximum Gasteiger partial charge on any atom is 0.274 e. The number of carbonyl (C=O) groups excluding carboxylic acids is 1. The van der Waals surface area contributed by atoms with Crippen LogP contribution >= 0.6 is 0 Å². The molecule has 0 bridgehead atoms. The number of benzene rings is 1. The Kier molecular flexibility index (Phi) is 5.24. The number of hydrogen-bond donors (Lipinski definition) is 0. The van der Waals surface area contributed by atoms with Gasteiger partial charge < -0.3 is 4.90 Å². The molecule has 2 aromatic heterocycles. The van der Waals surface area contributed by atoms with E-state index in [0.717, 1.165) is 50.4 Å². The van der Waals surface area contributed by atoms with Gasteiger partial charge >= 0.3 is 0 Å². The summed E-state index contributed by atoms with van der Waals surface area (Å²) in [4.78, 5) is 30.6. The highest BCUT2D eigenvalue weighted by molar-refractivity contribution is 5.92. The van der Waals surface area contributed by atoms with Gasteiger partial charge in [-0.1, -0.05) is 30.3 Å². The van der Waals surface area contributed by atoms with Crippen molar-refractivity contribution < 1.29 is 4.79 Å². The highest BCUT2D eigenvalue weighted by Gasteiger charge is 2.43. The highest BCUT2D eigenvalue weighted by Crippen LogP contribution is 2.42. The van der Waals surface area contributed by atoms with Crippen molar-refractivity contribution in [3.63, 3.8) is 0 Å². The molecule has 6 nitrogen and oxygen atoms in total. The Bertz CT molecular complexity index is 1080. The summed E-state index contributed by atoms with van der Waals surface area (Å²) in [6.45, 7) is 6.27. The average molecular weight is 414 g/mol. The fourth-order valence-electron chi connectivity index (χ4n) is 5.09. The first-order valence-electron chi connectivity index (χ1n) is 10.9. The SMILES string of the molecule is Cc1cccc(CN2CCC3(CC2)CN(C(=O)c2cnccn2)Cc2ccccc23)n1. The van der Waals surface area contributed by atoms with E-state index < -0.39 is 0 Å². The summed E-state index contributed by atoms with van der Waals surface area (Å²) in [5, 5.41) is 0. The van der Waals surface area contributed by atoms with Crippen LogP contribution in [0.5, 0.6) is 0 Å². The Morgan fingerprint density at radius 2 is 1.90 bits per heavy atom. The maximum atomic E-state index is 13.2. The van der Waals surface area contributed by atoms with Crippen molar-refractivity contribution in [3.05, 3.63) is 89.3 Å². The largest absolute Gasteiger partial charge is 0.332 e. The molecule has 31 heavy (non-hydrogen) atoms. The van der Waals surface area contributed by atoms with E-state index in [1.165, 1.54) is 11.1 Å². The molecule has 1 fully saturated rings. The number of amides is 1. The number of carbonyl (C=O) groups is 1. The number of rotatable bonds is 3. The first-order valence-corrected chi connectivity index (χ1v) is 10.9. The van der Waals surface area contributed by atoms with Crippen molar-refractivity contribution in [2.75, 3.05) is 19.6 Å². The zero-order valence-corrected chi connectivity index (χ0v) is 17.9. The molecule has 2 aliphatic rings. The Labute approximate surface area is 183 Å². The second-order valence-corrected chi connectivity index (χ2v) is 8.74. The van der Waals surface area contributed by atoms with E-state index in [4.69, 9.17) is 0 Å². The molecule has 4 heterocycles. The third-order valence-electron chi connectivity index (χ3n) is 6.66. The van der Waals surface area contributed by atoms with Gasteiger partial charge in [-0.05, 0) is 56.1 Å². The molecule has 1 saturated heterocycles. The second kappa shape index (κ2) is 8.19. The number of nitrogens with zero attached hydrogens (tertiary/aromatic N) is 5. The molecule has 1 aromatic carbocycles. The molecule has 158 valence electrons. The van der Waals surface area contributed by atoms with Gasteiger partial charge in [0.2, 0.25) is 0 Å². The zero-order valence-electron chi connectivity index (χ0n) is 17.9. The number of hydrogen-bond acceptors (Lipinski definition) is 5. The predicted molar refractivity (Wildman–Crippen MR) is 118 cm³/mol. The van der Waals surface area contributed by atoms with Gasteiger partial charge in [0.05, 0.1) is 11.9 Å². The Morgan fingerprint density at radius 1 is 1.06 bits per heavy atom. The summed E-state index contributed by atoms with van der Waals surface area (Å²) in [6.07, 6.45) is 6.80. The van der Waals surface area contributed by atoms with E-state index in [2.05, 4.69) is 56.3 Å². The molecule has 0 unspecified atom stereocenters. The van der Waals surface area contributed by atoms with Crippen molar-refractivity contribution in [2.24, 2.45) is 0 Å². The van der Waals surface area contributed by atoms with Gasteiger partial charge in [-0.2, -0.15) is 0 Å². The summed E-state index contributed by atoms with van der Waals surface area (Å²) in [7, 11) is 0. The molecule has 0 saturated carbocycles. The van der Waals surface area contributed by atoms with Crippen LogP contribution in [0.1, 0.15) is 45.8 Å². The van der Waals surface area contributed by atoms with Gasteiger partial charge in [-0.3, -0.25) is 19.7 Å². The lowest BCUT2D eigenvalue weighted by Crippen LogP contribution is -2.53. The molecular formula is C25H27N5O. The van der Waals surface area contributed by atoms with Crippen molar-refractivity contribution >= 4 is 5.91 Å². The van der Waals surface area contributed by atoms with E-state index in [9.17, 15) is 4.79 Å². The lowest BCUT2D eigenvalue weighted by Gasteiger charge is -2.48. The van der Waals surface area contributed by atoms with Crippen molar-refractivity contribution in [2.45, 2.75) is 38.3 Å². The van der Waals surface area contributed by atoms with Crippen molar-refractivity contribution in [3.8, 4) is 0 Å². The van der Waals surface area contributed by atoms with Gasteiger partial charge in [0, 0.05) is 43.1 Å². The van der Waals surface area contributed by atoms with Crippen LogP contribution in [0.2, 0.25) is 0 Å². The summed E-state index contributed by atoms with van der Waals surface area (Å²) in [5.74, 6) is -0.0339. The standard InChI is InChI=1S/C25H27N5O/c1-19-5-4-7-21(28-19)17-29-13-9-25(10-14-29)18-30(16-20-6-2-3-8-22(20)25)24(31)23-15-26-11-12-27-23/h2-8,11-12,15H,9-10,13-14,16-18H2,1H3. The minimum atomic E-state index is -0.0339. The summed E-state index contributed by atoms with van der Waals surface area (Å²) in [5.41, 5.74) is 5.25. The average Bonchev–Trinajstić information content (AvgIpc) is 2.81. The van der Waals surface area contributed by atoms with Crippen LogP contribution < -0.4 is 0 Å². The second-order valence-electron chi connectivity index (χ2n) is 8.74. The number of aromatic nitrogens is 3. The van der Waals surface area contributed by atoms with Crippen LogP contribution in [0.3, 0.4) is 0 Å². The summed E-state index contributed by atoms with van der Waals surface area (Å²) >= 11 is 0. The summed E-state index contributed by atoms with van der Waals surface area (Å²) < 4.78 is 0. The fraction of sp³-hybridized carbons (Fsp3) is 0.360. The Hall–Kier alpha value is -3.12.